The van der Waals surface area contributed by atoms with Crippen molar-refractivity contribution in [1.82, 2.24) is 4.57 Å². The minimum Gasteiger partial charge on any atom is -0.308 e. The van der Waals surface area contributed by atoms with Gasteiger partial charge >= 0.3 is 0 Å². The van der Waals surface area contributed by atoms with Crippen LogP contribution in [-0.2, 0) is 0 Å². The summed E-state index contributed by atoms with van der Waals surface area (Å²) in [5.74, 6) is 0. The van der Waals surface area contributed by atoms with Crippen LogP contribution in [0.15, 0.2) is 164 Å². The molecule has 9 rings (SSSR count). The van der Waals surface area contributed by atoms with Gasteiger partial charge in [0.25, 0.3) is 0 Å². The highest BCUT2D eigenvalue weighted by atomic mass is 15.0. The molecule has 0 bridgehead atoms. The molecule has 0 unspecified atom stereocenters. The largest absolute Gasteiger partial charge is 0.308 e. The van der Waals surface area contributed by atoms with Crippen LogP contribution in [0.2, 0.25) is 0 Å². The molecule has 0 radical (unpaired) electrons. The number of fused-ring (bicyclic) bond motifs is 5. The molecule has 1 aromatic heterocycles. The van der Waals surface area contributed by atoms with Crippen molar-refractivity contribution in [3.8, 4) is 45.1 Å². The van der Waals surface area contributed by atoms with E-state index in [9.17, 15) is 5.26 Å². The Morgan fingerprint density at radius 2 is 1.00 bits per heavy atom. The Hall–Kier alpha value is -6.94. The first kappa shape index (κ1) is 28.3. The summed E-state index contributed by atoms with van der Waals surface area (Å²) in [5.41, 5.74) is 10.2. The maximum atomic E-state index is 10.4. The van der Waals surface area contributed by atoms with Gasteiger partial charge in [-0.3, -0.25) is 0 Å². The van der Waals surface area contributed by atoms with Crippen molar-refractivity contribution in [2.45, 2.75) is 0 Å². The van der Waals surface area contributed by atoms with Gasteiger partial charge in [-0.1, -0.05) is 140 Å². The average molecular weight is 622 g/mol. The van der Waals surface area contributed by atoms with Crippen LogP contribution in [0.1, 0.15) is 5.56 Å². The van der Waals surface area contributed by atoms with Crippen molar-refractivity contribution < 1.29 is 0 Å². The van der Waals surface area contributed by atoms with Crippen molar-refractivity contribution in [3.63, 3.8) is 0 Å². The third-order valence-corrected chi connectivity index (χ3v) is 9.66. The van der Waals surface area contributed by atoms with Gasteiger partial charge in [0.2, 0.25) is 0 Å². The van der Waals surface area contributed by atoms with E-state index < -0.39 is 0 Å². The molecule has 0 aliphatic rings. The number of aromatic nitrogens is 1. The van der Waals surface area contributed by atoms with E-state index in [0.29, 0.717) is 11.3 Å². The first-order valence-electron chi connectivity index (χ1n) is 16.3. The SMILES string of the molecule is [C-]#[N+]c1cccc(-c2ccc(C#N)c(-n3c4ccccc4c4ccccc43)c2)c1-c1c2ccccc2c(-c2ccccc2)c2ccccc12. The zero-order chi connectivity index (χ0) is 32.9. The molecule has 1 heterocycles. The molecule has 49 heavy (non-hydrogen) atoms. The number of nitrogens with zero attached hydrogens (tertiary/aromatic N) is 3. The van der Waals surface area contributed by atoms with E-state index in [1.54, 1.807) is 0 Å². The highest BCUT2D eigenvalue weighted by molar-refractivity contribution is 6.23. The normalized spacial score (nSPS) is 11.2. The molecule has 8 aromatic carbocycles. The van der Waals surface area contributed by atoms with E-state index >= 15 is 0 Å². The van der Waals surface area contributed by atoms with Gasteiger partial charge in [-0.25, -0.2) is 4.85 Å². The van der Waals surface area contributed by atoms with Gasteiger partial charge < -0.3 is 4.57 Å². The Bertz CT molecular complexity index is 2740. The van der Waals surface area contributed by atoms with Crippen LogP contribution in [0.5, 0.6) is 0 Å². The molecule has 0 saturated heterocycles. The first-order chi connectivity index (χ1) is 24.3. The second-order valence-electron chi connectivity index (χ2n) is 12.2. The minimum absolute atomic E-state index is 0.584. The number of para-hydroxylation sites is 2. The molecule has 0 fully saturated rings. The molecular weight excluding hydrogens is 595 g/mol. The Morgan fingerprint density at radius 1 is 0.469 bits per heavy atom. The second kappa shape index (κ2) is 11.4. The summed E-state index contributed by atoms with van der Waals surface area (Å²) in [6.07, 6.45) is 0. The van der Waals surface area contributed by atoms with Crippen LogP contribution < -0.4 is 0 Å². The zero-order valence-corrected chi connectivity index (χ0v) is 26.4. The molecule has 0 amide bonds. The molecule has 0 aliphatic carbocycles. The smallest absolute Gasteiger partial charge is 0.195 e. The number of hydrogen-bond acceptors (Lipinski definition) is 1. The van der Waals surface area contributed by atoms with Crippen LogP contribution in [0.4, 0.5) is 5.69 Å². The van der Waals surface area contributed by atoms with E-state index in [1.807, 2.05) is 42.5 Å². The Labute approximate surface area is 284 Å². The highest BCUT2D eigenvalue weighted by Gasteiger charge is 2.22. The monoisotopic (exact) mass is 621 g/mol. The van der Waals surface area contributed by atoms with Gasteiger partial charge in [0.05, 0.1) is 28.9 Å². The molecule has 3 nitrogen and oxygen atoms in total. The topological polar surface area (TPSA) is 33.1 Å². The number of benzene rings is 8. The second-order valence-corrected chi connectivity index (χ2v) is 12.2. The molecule has 0 saturated carbocycles. The fraction of sp³-hybridized carbons (Fsp3) is 0. The van der Waals surface area contributed by atoms with E-state index in [2.05, 4.69) is 137 Å². The molecule has 0 atom stereocenters. The molecule has 3 heteroatoms. The quantitative estimate of drug-likeness (QED) is 0.142. The predicted molar refractivity (Wildman–Crippen MR) is 203 cm³/mol. The molecule has 0 spiro atoms. The van der Waals surface area contributed by atoms with Crippen molar-refractivity contribution in [2.75, 3.05) is 0 Å². The minimum atomic E-state index is 0.584. The third kappa shape index (κ3) is 4.35. The predicted octanol–water partition coefficient (Wildman–Crippen LogP) is 12.5. The molecule has 0 aliphatic heterocycles. The number of hydrogen-bond donors (Lipinski definition) is 0. The van der Waals surface area contributed by atoms with Gasteiger partial charge in [-0.15, -0.1) is 0 Å². The molecule has 226 valence electrons. The maximum Gasteiger partial charge on any atom is 0.195 e. The van der Waals surface area contributed by atoms with Gasteiger partial charge in [0.1, 0.15) is 6.07 Å². The van der Waals surface area contributed by atoms with Gasteiger partial charge in [-0.05, 0) is 79.2 Å². The standard InChI is InChI=1S/C46H27N3/c1-48-40-23-13-22-33(31-26-27-32(29-47)43(28-31)49-41-24-11-9-16-34(41)35-17-10-12-25-42(35)49)46(40)45-38-20-7-5-18-36(38)44(30-14-3-2-4-15-30)37-19-6-8-21-39(37)45/h2-28H. The van der Waals surface area contributed by atoms with Crippen molar-refractivity contribution in [3.05, 3.63) is 181 Å². The Kier molecular flexibility index (Phi) is 6.58. The lowest BCUT2D eigenvalue weighted by Crippen LogP contribution is -1.99. The van der Waals surface area contributed by atoms with Crippen molar-refractivity contribution >= 4 is 49.0 Å². The zero-order valence-electron chi connectivity index (χ0n) is 26.4. The molecular formula is C46H27N3. The third-order valence-electron chi connectivity index (χ3n) is 9.66. The Balaban J connectivity index is 1.38. The summed E-state index contributed by atoms with van der Waals surface area (Å²) in [5, 5.41) is 17.1. The summed E-state index contributed by atoms with van der Waals surface area (Å²) >= 11 is 0. The first-order valence-corrected chi connectivity index (χ1v) is 16.3. The molecule has 0 N–H and O–H groups in total. The van der Waals surface area contributed by atoms with Gasteiger partial charge in [0.15, 0.2) is 5.69 Å². The lowest BCUT2D eigenvalue weighted by molar-refractivity contribution is 1.17. The lowest BCUT2D eigenvalue weighted by atomic mass is 9.83. The number of rotatable bonds is 4. The fourth-order valence-electron chi connectivity index (χ4n) is 7.61. The van der Waals surface area contributed by atoms with Crippen LogP contribution in [0, 0.1) is 17.9 Å². The van der Waals surface area contributed by atoms with Crippen LogP contribution in [-0.4, -0.2) is 4.57 Å². The van der Waals surface area contributed by atoms with Crippen molar-refractivity contribution in [2.24, 2.45) is 0 Å². The summed E-state index contributed by atoms with van der Waals surface area (Å²) in [4.78, 5) is 4.11. The summed E-state index contributed by atoms with van der Waals surface area (Å²) in [6, 6.07) is 58.8. The summed E-state index contributed by atoms with van der Waals surface area (Å²) < 4.78 is 2.20. The maximum absolute atomic E-state index is 10.4. The lowest BCUT2D eigenvalue weighted by Gasteiger charge is -2.21. The highest BCUT2D eigenvalue weighted by Crippen LogP contribution is 2.49. The van der Waals surface area contributed by atoms with E-state index in [4.69, 9.17) is 6.57 Å². The van der Waals surface area contributed by atoms with Crippen molar-refractivity contribution in [1.29, 1.82) is 5.26 Å². The fourth-order valence-corrected chi connectivity index (χ4v) is 7.61. The van der Waals surface area contributed by atoms with E-state index in [1.165, 1.54) is 5.56 Å². The van der Waals surface area contributed by atoms with Crippen LogP contribution in [0.25, 0.3) is 87.3 Å². The van der Waals surface area contributed by atoms with E-state index in [-0.39, 0.29) is 0 Å². The van der Waals surface area contributed by atoms with Gasteiger partial charge in [-0.2, -0.15) is 5.26 Å². The van der Waals surface area contributed by atoms with Crippen LogP contribution >= 0.6 is 0 Å². The van der Waals surface area contributed by atoms with Crippen LogP contribution in [0.3, 0.4) is 0 Å². The Morgan fingerprint density at radius 3 is 1.57 bits per heavy atom. The van der Waals surface area contributed by atoms with E-state index in [0.717, 1.165) is 76.9 Å². The number of nitriles is 1. The molecule has 9 aromatic rings. The summed E-state index contributed by atoms with van der Waals surface area (Å²) in [7, 11) is 0. The average Bonchev–Trinajstić information content (AvgIpc) is 3.51. The van der Waals surface area contributed by atoms with Gasteiger partial charge in [0, 0.05) is 10.8 Å². The summed E-state index contributed by atoms with van der Waals surface area (Å²) in [6.45, 7) is 8.36.